The van der Waals surface area contributed by atoms with Gasteiger partial charge in [0, 0.05) is 13.1 Å². The number of nitrogens with one attached hydrogen (secondary N) is 1. The van der Waals surface area contributed by atoms with Crippen molar-refractivity contribution in [3.8, 4) is 6.07 Å². The lowest BCUT2D eigenvalue weighted by Crippen LogP contribution is -2.21. The third kappa shape index (κ3) is 4.09. The third-order valence-electron chi connectivity index (χ3n) is 3.08. The van der Waals surface area contributed by atoms with E-state index >= 15 is 0 Å². The van der Waals surface area contributed by atoms with Gasteiger partial charge in [-0.2, -0.15) is 5.26 Å². The summed E-state index contributed by atoms with van der Waals surface area (Å²) in [7, 11) is 0. The lowest BCUT2D eigenvalue weighted by Gasteiger charge is -2.12. The van der Waals surface area contributed by atoms with Gasteiger partial charge in [-0.25, -0.2) is 8.78 Å². The van der Waals surface area contributed by atoms with Crippen LogP contribution >= 0.6 is 0 Å². The van der Waals surface area contributed by atoms with Gasteiger partial charge < -0.3 is 10.4 Å². The molecule has 0 aliphatic carbocycles. The van der Waals surface area contributed by atoms with Crippen LogP contribution in [-0.2, 0) is 6.54 Å². The maximum absolute atomic E-state index is 13.0. The molecule has 21 heavy (non-hydrogen) atoms. The van der Waals surface area contributed by atoms with Crippen molar-refractivity contribution in [3.05, 3.63) is 70.8 Å². The number of nitriles is 1. The minimum atomic E-state index is -0.887. The number of rotatable bonds is 5. The van der Waals surface area contributed by atoms with E-state index in [1.807, 2.05) is 6.07 Å². The monoisotopic (exact) mass is 288 g/mol. The fourth-order valence-electron chi connectivity index (χ4n) is 1.90. The van der Waals surface area contributed by atoms with E-state index < -0.39 is 17.7 Å². The summed E-state index contributed by atoms with van der Waals surface area (Å²) in [6, 6.07) is 12.3. The summed E-state index contributed by atoms with van der Waals surface area (Å²) in [6.45, 7) is 0.593. The van der Waals surface area contributed by atoms with Gasteiger partial charge in [-0.1, -0.05) is 18.2 Å². The molecule has 3 nitrogen and oxygen atoms in total. The van der Waals surface area contributed by atoms with Gasteiger partial charge in [0.05, 0.1) is 17.7 Å². The molecule has 2 N–H and O–H groups in total. The number of nitrogens with zero attached hydrogens (tertiary/aromatic N) is 1. The number of halogens is 2. The Morgan fingerprint density at radius 3 is 2.43 bits per heavy atom. The first-order valence-corrected chi connectivity index (χ1v) is 6.43. The van der Waals surface area contributed by atoms with E-state index in [-0.39, 0.29) is 6.54 Å². The Hall–Kier alpha value is -2.29. The predicted molar refractivity (Wildman–Crippen MR) is 74.2 cm³/mol. The molecule has 0 amide bonds. The first kappa shape index (κ1) is 15.1. The highest BCUT2D eigenvalue weighted by atomic mass is 19.2. The molecule has 5 heteroatoms. The minimum Gasteiger partial charge on any atom is -0.387 e. The van der Waals surface area contributed by atoms with Crippen LogP contribution in [0.15, 0.2) is 42.5 Å². The van der Waals surface area contributed by atoms with Crippen molar-refractivity contribution >= 4 is 0 Å². The predicted octanol–water partition coefficient (Wildman–Crippen LogP) is 2.66. The zero-order chi connectivity index (χ0) is 15.2. The van der Waals surface area contributed by atoms with Crippen molar-refractivity contribution in [2.24, 2.45) is 0 Å². The Bertz CT molecular complexity index is 650. The zero-order valence-corrected chi connectivity index (χ0v) is 11.2. The first-order valence-electron chi connectivity index (χ1n) is 6.43. The van der Waals surface area contributed by atoms with Gasteiger partial charge >= 0.3 is 0 Å². The van der Waals surface area contributed by atoms with Crippen LogP contribution in [0.25, 0.3) is 0 Å². The molecule has 108 valence electrons. The van der Waals surface area contributed by atoms with E-state index in [9.17, 15) is 13.9 Å². The highest BCUT2D eigenvalue weighted by Crippen LogP contribution is 2.13. The molecule has 0 radical (unpaired) electrons. The second kappa shape index (κ2) is 6.93. The molecule has 2 aromatic rings. The number of benzene rings is 2. The van der Waals surface area contributed by atoms with Crippen LogP contribution in [0.1, 0.15) is 22.8 Å². The fraction of sp³-hybridized carbons (Fsp3) is 0.188. The number of hydrogen-bond acceptors (Lipinski definition) is 3. The van der Waals surface area contributed by atoms with E-state index in [4.69, 9.17) is 5.26 Å². The van der Waals surface area contributed by atoms with Crippen molar-refractivity contribution in [2.75, 3.05) is 6.54 Å². The summed E-state index contributed by atoms with van der Waals surface area (Å²) >= 11 is 0. The Kier molecular flexibility index (Phi) is 4.99. The molecule has 1 atom stereocenters. The van der Waals surface area contributed by atoms with Gasteiger partial charge in [-0.3, -0.25) is 0 Å². The standard InChI is InChI=1S/C16H14F2N2O/c17-14-6-3-12(7-15(14)18)9-20-10-16(21)13-4-1-11(8-19)2-5-13/h1-7,16,20-21H,9-10H2. The van der Waals surface area contributed by atoms with Gasteiger partial charge in [0.25, 0.3) is 0 Å². The van der Waals surface area contributed by atoms with Crippen LogP contribution in [-0.4, -0.2) is 11.7 Å². The lowest BCUT2D eigenvalue weighted by atomic mass is 10.1. The summed E-state index contributed by atoms with van der Waals surface area (Å²) in [4.78, 5) is 0. The summed E-state index contributed by atoms with van der Waals surface area (Å²) in [6.07, 6.45) is -0.733. The molecule has 0 bridgehead atoms. The SMILES string of the molecule is N#Cc1ccc(C(O)CNCc2ccc(F)c(F)c2)cc1. The zero-order valence-electron chi connectivity index (χ0n) is 11.2. The van der Waals surface area contributed by atoms with Crippen molar-refractivity contribution in [3.63, 3.8) is 0 Å². The summed E-state index contributed by atoms with van der Waals surface area (Å²) in [5.41, 5.74) is 1.81. The average molecular weight is 288 g/mol. The number of aliphatic hydroxyl groups excluding tert-OH is 1. The van der Waals surface area contributed by atoms with E-state index in [1.165, 1.54) is 6.07 Å². The number of hydrogen-bond donors (Lipinski definition) is 2. The topological polar surface area (TPSA) is 56.0 Å². The van der Waals surface area contributed by atoms with Crippen LogP contribution in [0.5, 0.6) is 0 Å². The minimum absolute atomic E-state index is 0.269. The largest absolute Gasteiger partial charge is 0.387 e. The molecule has 0 saturated carbocycles. The van der Waals surface area contributed by atoms with Crippen molar-refractivity contribution in [2.45, 2.75) is 12.6 Å². The van der Waals surface area contributed by atoms with E-state index in [0.29, 0.717) is 23.2 Å². The van der Waals surface area contributed by atoms with Gasteiger partial charge in [0.1, 0.15) is 0 Å². The maximum Gasteiger partial charge on any atom is 0.159 e. The Labute approximate surface area is 121 Å². The fourth-order valence-corrected chi connectivity index (χ4v) is 1.90. The molecule has 0 fully saturated rings. The molecule has 2 rings (SSSR count). The smallest absolute Gasteiger partial charge is 0.159 e. The number of aliphatic hydroxyl groups is 1. The molecule has 0 saturated heterocycles. The molecule has 0 aliphatic heterocycles. The maximum atomic E-state index is 13.0. The second-order valence-electron chi connectivity index (χ2n) is 4.63. The van der Waals surface area contributed by atoms with E-state index in [0.717, 1.165) is 12.1 Å². The Balaban J connectivity index is 1.87. The van der Waals surface area contributed by atoms with Crippen molar-refractivity contribution in [1.82, 2.24) is 5.32 Å². The average Bonchev–Trinajstić information content (AvgIpc) is 2.51. The lowest BCUT2D eigenvalue weighted by molar-refractivity contribution is 0.174. The van der Waals surface area contributed by atoms with Crippen LogP contribution in [0.2, 0.25) is 0 Å². The quantitative estimate of drug-likeness (QED) is 0.889. The molecule has 0 spiro atoms. The Morgan fingerprint density at radius 1 is 1.10 bits per heavy atom. The van der Waals surface area contributed by atoms with Crippen LogP contribution in [0.3, 0.4) is 0 Å². The van der Waals surface area contributed by atoms with Gasteiger partial charge in [-0.05, 0) is 35.4 Å². The molecule has 0 heterocycles. The second-order valence-corrected chi connectivity index (χ2v) is 4.63. The molecular formula is C16H14F2N2O. The molecule has 0 aliphatic rings. The molecule has 2 aromatic carbocycles. The van der Waals surface area contributed by atoms with Crippen LogP contribution < -0.4 is 5.32 Å². The summed E-state index contributed by atoms with van der Waals surface area (Å²) in [5, 5.41) is 21.6. The van der Waals surface area contributed by atoms with Crippen LogP contribution in [0, 0.1) is 23.0 Å². The van der Waals surface area contributed by atoms with Gasteiger partial charge in [0.15, 0.2) is 11.6 Å². The highest BCUT2D eigenvalue weighted by molar-refractivity contribution is 5.32. The Morgan fingerprint density at radius 2 is 1.81 bits per heavy atom. The van der Waals surface area contributed by atoms with E-state index in [2.05, 4.69) is 5.32 Å². The molecule has 0 aromatic heterocycles. The summed E-state index contributed by atoms with van der Waals surface area (Å²) < 4.78 is 25.8. The van der Waals surface area contributed by atoms with Gasteiger partial charge in [0.2, 0.25) is 0 Å². The van der Waals surface area contributed by atoms with Crippen molar-refractivity contribution < 1.29 is 13.9 Å². The first-order chi connectivity index (χ1) is 10.1. The highest BCUT2D eigenvalue weighted by Gasteiger charge is 2.07. The van der Waals surface area contributed by atoms with Crippen LogP contribution in [0.4, 0.5) is 8.78 Å². The van der Waals surface area contributed by atoms with E-state index in [1.54, 1.807) is 24.3 Å². The molecule has 1 unspecified atom stereocenters. The normalized spacial score (nSPS) is 11.9. The van der Waals surface area contributed by atoms with Crippen molar-refractivity contribution in [1.29, 1.82) is 5.26 Å². The third-order valence-corrected chi connectivity index (χ3v) is 3.08. The van der Waals surface area contributed by atoms with Gasteiger partial charge in [-0.15, -0.1) is 0 Å². The summed E-state index contributed by atoms with van der Waals surface area (Å²) in [5.74, 6) is -1.77. The molecular weight excluding hydrogens is 274 g/mol.